The second-order valence-electron chi connectivity index (χ2n) is 3.47. The molecule has 0 aliphatic carbocycles. The van der Waals surface area contributed by atoms with E-state index >= 15 is 0 Å². The Balaban J connectivity index is 2.52. The third kappa shape index (κ3) is 2.12. The number of benzene rings is 1. The van der Waals surface area contributed by atoms with Crippen LogP contribution in [0.25, 0.3) is 11.3 Å². The Hall–Kier alpha value is -1.68. The van der Waals surface area contributed by atoms with Crippen molar-refractivity contribution in [3.05, 3.63) is 40.8 Å². The van der Waals surface area contributed by atoms with Crippen molar-refractivity contribution in [1.82, 2.24) is 9.97 Å². The first kappa shape index (κ1) is 10.8. The van der Waals surface area contributed by atoms with E-state index < -0.39 is 0 Å². The predicted octanol–water partition coefficient (Wildman–Crippen LogP) is 3.12. The fourth-order valence-electron chi connectivity index (χ4n) is 1.59. The fraction of sp³-hybridized carbons (Fsp3) is 0.167. The van der Waals surface area contributed by atoms with Gasteiger partial charge in [-0.2, -0.15) is 0 Å². The molecule has 16 heavy (non-hydrogen) atoms. The summed E-state index contributed by atoms with van der Waals surface area (Å²) in [4.78, 5) is 7.03. The Kier molecular flexibility index (Phi) is 3.01. The maximum atomic E-state index is 5.17. The lowest BCUT2D eigenvalue weighted by molar-refractivity contribution is 0.414. The highest BCUT2D eigenvalue weighted by molar-refractivity contribution is 7.71. The molecule has 0 unspecified atom stereocenters. The van der Waals surface area contributed by atoms with Crippen LogP contribution >= 0.6 is 12.2 Å². The average Bonchev–Trinajstić information content (AvgIpc) is 2.28. The van der Waals surface area contributed by atoms with Crippen LogP contribution in [0, 0.1) is 11.7 Å². The molecule has 0 amide bonds. The van der Waals surface area contributed by atoms with E-state index in [9.17, 15) is 0 Å². The Morgan fingerprint density at radius 1 is 1.31 bits per heavy atom. The number of nitrogens with zero attached hydrogens (tertiary/aromatic N) is 1. The summed E-state index contributed by atoms with van der Waals surface area (Å²) in [5.74, 6) is 0.855. The molecule has 0 fully saturated rings. The van der Waals surface area contributed by atoms with Crippen LogP contribution in [0.1, 0.15) is 5.56 Å². The van der Waals surface area contributed by atoms with E-state index in [4.69, 9.17) is 17.0 Å². The Labute approximate surface area is 99.1 Å². The summed E-state index contributed by atoms with van der Waals surface area (Å²) in [6, 6.07) is 7.84. The number of nitrogens with one attached hydrogen (secondary N) is 1. The smallest absolute Gasteiger partial charge is 0.197 e. The molecular formula is C12H12N2OS. The SMILES string of the molecule is COc1ccc(-c2ccnc(=S)[nH]2)c(C)c1. The molecule has 0 bridgehead atoms. The third-order valence-electron chi connectivity index (χ3n) is 2.40. The largest absolute Gasteiger partial charge is 0.497 e. The lowest BCUT2D eigenvalue weighted by Crippen LogP contribution is -1.90. The van der Waals surface area contributed by atoms with Gasteiger partial charge in [-0.3, -0.25) is 0 Å². The van der Waals surface area contributed by atoms with Gasteiger partial charge in [0.2, 0.25) is 0 Å². The number of H-pyrrole nitrogens is 1. The van der Waals surface area contributed by atoms with Gasteiger partial charge in [0.1, 0.15) is 5.75 Å². The molecule has 2 rings (SSSR count). The quantitative estimate of drug-likeness (QED) is 0.808. The van der Waals surface area contributed by atoms with E-state index in [-0.39, 0.29) is 0 Å². The Bertz CT molecular complexity index is 563. The minimum Gasteiger partial charge on any atom is -0.497 e. The maximum Gasteiger partial charge on any atom is 0.197 e. The number of ether oxygens (including phenoxy) is 1. The molecule has 0 aliphatic heterocycles. The van der Waals surface area contributed by atoms with Crippen LogP contribution in [-0.4, -0.2) is 17.1 Å². The summed E-state index contributed by atoms with van der Waals surface area (Å²) in [5.41, 5.74) is 3.21. The molecule has 1 aromatic carbocycles. The summed E-state index contributed by atoms with van der Waals surface area (Å²) in [6.07, 6.45) is 1.71. The van der Waals surface area contributed by atoms with Crippen LogP contribution in [0.3, 0.4) is 0 Å². The summed E-state index contributed by atoms with van der Waals surface area (Å²) < 4.78 is 5.66. The molecule has 4 heteroatoms. The van der Waals surface area contributed by atoms with Gasteiger partial charge in [-0.15, -0.1) is 0 Å². The van der Waals surface area contributed by atoms with Crippen molar-refractivity contribution in [3.63, 3.8) is 0 Å². The first-order chi connectivity index (χ1) is 7.70. The zero-order chi connectivity index (χ0) is 11.5. The summed E-state index contributed by atoms with van der Waals surface area (Å²) in [7, 11) is 1.66. The highest BCUT2D eigenvalue weighted by atomic mass is 32.1. The highest BCUT2D eigenvalue weighted by Crippen LogP contribution is 2.24. The van der Waals surface area contributed by atoms with Gasteiger partial charge in [0, 0.05) is 17.5 Å². The molecule has 1 aromatic heterocycles. The Morgan fingerprint density at radius 3 is 2.75 bits per heavy atom. The number of aryl methyl sites for hydroxylation is 1. The van der Waals surface area contributed by atoms with E-state index in [2.05, 4.69) is 9.97 Å². The number of aromatic nitrogens is 2. The van der Waals surface area contributed by atoms with Crippen molar-refractivity contribution in [2.75, 3.05) is 7.11 Å². The second kappa shape index (κ2) is 4.45. The zero-order valence-corrected chi connectivity index (χ0v) is 9.97. The summed E-state index contributed by atoms with van der Waals surface area (Å²) >= 11 is 5.00. The minimum atomic E-state index is 0.493. The average molecular weight is 232 g/mol. The molecule has 1 heterocycles. The lowest BCUT2D eigenvalue weighted by Gasteiger charge is -2.07. The number of hydrogen-bond acceptors (Lipinski definition) is 3. The van der Waals surface area contributed by atoms with E-state index in [0.29, 0.717) is 4.77 Å². The second-order valence-corrected chi connectivity index (χ2v) is 3.86. The molecule has 3 nitrogen and oxygen atoms in total. The van der Waals surface area contributed by atoms with Crippen LogP contribution in [-0.2, 0) is 0 Å². The van der Waals surface area contributed by atoms with Crippen molar-refractivity contribution < 1.29 is 4.74 Å². The van der Waals surface area contributed by atoms with E-state index in [0.717, 1.165) is 22.6 Å². The van der Waals surface area contributed by atoms with Crippen LogP contribution < -0.4 is 4.74 Å². The molecule has 0 aliphatic rings. The molecule has 0 spiro atoms. The van der Waals surface area contributed by atoms with E-state index in [1.54, 1.807) is 13.3 Å². The normalized spacial score (nSPS) is 10.1. The summed E-state index contributed by atoms with van der Waals surface area (Å²) in [6.45, 7) is 2.04. The van der Waals surface area contributed by atoms with Crippen molar-refractivity contribution in [1.29, 1.82) is 0 Å². The molecule has 0 saturated heterocycles. The van der Waals surface area contributed by atoms with Crippen molar-refractivity contribution in [3.8, 4) is 17.0 Å². The first-order valence-corrected chi connectivity index (χ1v) is 5.32. The standard InChI is InChI=1S/C12H12N2OS/c1-8-7-9(15-2)3-4-10(8)11-5-6-13-12(16)14-11/h3-7H,1-2H3,(H,13,14,16). The minimum absolute atomic E-state index is 0.493. The lowest BCUT2D eigenvalue weighted by atomic mass is 10.1. The molecule has 2 aromatic rings. The molecule has 82 valence electrons. The van der Waals surface area contributed by atoms with Gasteiger partial charge < -0.3 is 9.72 Å². The molecule has 0 saturated carbocycles. The van der Waals surface area contributed by atoms with E-state index in [1.807, 2.05) is 31.2 Å². The van der Waals surface area contributed by atoms with Gasteiger partial charge in [-0.25, -0.2) is 4.98 Å². The number of rotatable bonds is 2. The van der Waals surface area contributed by atoms with Crippen LogP contribution in [0.2, 0.25) is 0 Å². The predicted molar refractivity (Wildman–Crippen MR) is 66.1 cm³/mol. The molecule has 0 radical (unpaired) electrons. The number of hydrogen-bond donors (Lipinski definition) is 1. The van der Waals surface area contributed by atoms with Gasteiger partial charge in [-0.05, 0) is 49.0 Å². The topological polar surface area (TPSA) is 37.9 Å². The van der Waals surface area contributed by atoms with Gasteiger partial charge in [0.15, 0.2) is 4.77 Å². The first-order valence-electron chi connectivity index (χ1n) is 4.91. The third-order valence-corrected chi connectivity index (χ3v) is 2.61. The molecule has 0 atom stereocenters. The highest BCUT2D eigenvalue weighted by Gasteiger charge is 2.03. The Morgan fingerprint density at radius 2 is 2.12 bits per heavy atom. The van der Waals surface area contributed by atoms with Gasteiger partial charge in [0.05, 0.1) is 7.11 Å². The summed E-state index contributed by atoms with van der Waals surface area (Å²) in [5, 5.41) is 0. The van der Waals surface area contributed by atoms with Gasteiger partial charge >= 0.3 is 0 Å². The number of methoxy groups -OCH3 is 1. The van der Waals surface area contributed by atoms with Crippen LogP contribution in [0.5, 0.6) is 5.75 Å². The van der Waals surface area contributed by atoms with Crippen LogP contribution in [0.4, 0.5) is 0 Å². The zero-order valence-electron chi connectivity index (χ0n) is 9.15. The van der Waals surface area contributed by atoms with Gasteiger partial charge in [-0.1, -0.05) is 0 Å². The molecule has 1 N–H and O–H groups in total. The van der Waals surface area contributed by atoms with Crippen molar-refractivity contribution in [2.24, 2.45) is 0 Å². The maximum absolute atomic E-state index is 5.17. The monoisotopic (exact) mass is 232 g/mol. The van der Waals surface area contributed by atoms with Crippen molar-refractivity contribution >= 4 is 12.2 Å². The number of aromatic amines is 1. The van der Waals surface area contributed by atoms with Crippen LogP contribution in [0.15, 0.2) is 30.5 Å². The van der Waals surface area contributed by atoms with Crippen molar-refractivity contribution in [2.45, 2.75) is 6.92 Å². The molecular weight excluding hydrogens is 220 g/mol. The fourth-order valence-corrected chi connectivity index (χ4v) is 1.76. The van der Waals surface area contributed by atoms with Gasteiger partial charge in [0.25, 0.3) is 0 Å². The van der Waals surface area contributed by atoms with E-state index in [1.165, 1.54) is 0 Å².